The molecule has 0 aliphatic heterocycles. The van der Waals surface area contributed by atoms with Gasteiger partial charge in [0.1, 0.15) is 0 Å². The summed E-state index contributed by atoms with van der Waals surface area (Å²) < 4.78 is 6.85. The minimum Gasteiger partial charge on any atom is -0.462 e. The molecule has 0 spiro atoms. The van der Waals surface area contributed by atoms with Gasteiger partial charge in [-0.2, -0.15) is 0 Å². The smallest absolute Gasteiger partial charge is 0.338 e. The first-order valence-electron chi connectivity index (χ1n) is 8.15. The zero-order chi connectivity index (χ0) is 18.5. The van der Waals surface area contributed by atoms with Crippen LogP contribution in [0.5, 0.6) is 0 Å². The Labute approximate surface area is 163 Å². The largest absolute Gasteiger partial charge is 0.462 e. The zero-order valence-corrected chi connectivity index (χ0v) is 16.5. The number of hydrogen-bond acceptors (Lipinski definition) is 5. The van der Waals surface area contributed by atoms with Crippen molar-refractivity contribution in [1.82, 2.24) is 10.3 Å². The molecule has 3 aromatic rings. The molecule has 3 rings (SSSR count). The van der Waals surface area contributed by atoms with E-state index in [1.54, 1.807) is 31.5 Å². The summed E-state index contributed by atoms with van der Waals surface area (Å²) in [7, 11) is 0. The number of carbonyl (C=O) groups excluding carboxylic acids is 2. The molecule has 1 aromatic carbocycles. The Bertz CT molecular complexity index is 955. The number of thiophene rings is 1. The molecule has 0 unspecified atom stereocenters. The van der Waals surface area contributed by atoms with Crippen LogP contribution in [0.25, 0.3) is 10.1 Å². The first-order valence-corrected chi connectivity index (χ1v) is 9.76. The van der Waals surface area contributed by atoms with Crippen LogP contribution in [-0.4, -0.2) is 30.0 Å². The molecular formula is C19H17BrN2O3S. The van der Waals surface area contributed by atoms with E-state index in [4.69, 9.17) is 4.74 Å². The molecule has 1 amide bonds. The molecule has 7 heteroatoms. The third kappa shape index (κ3) is 4.28. The van der Waals surface area contributed by atoms with E-state index in [1.807, 2.05) is 18.2 Å². The van der Waals surface area contributed by atoms with Crippen molar-refractivity contribution in [2.45, 2.75) is 13.3 Å². The van der Waals surface area contributed by atoms with Gasteiger partial charge >= 0.3 is 5.97 Å². The van der Waals surface area contributed by atoms with E-state index in [0.29, 0.717) is 30.0 Å². The summed E-state index contributed by atoms with van der Waals surface area (Å²) in [4.78, 5) is 28.9. The summed E-state index contributed by atoms with van der Waals surface area (Å²) in [5.74, 6) is -0.442. The first-order chi connectivity index (χ1) is 12.6. The second-order valence-corrected chi connectivity index (χ2v) is 7.51. The van der Waals surface area contributed by atoms with E-state index in [1.165, 1.54) is 11.3 Å². The van der Waals surface area contributed by atoms with Crippen LogP contribution in [0.3, 0.4) is 0 Å². The van der Waals surface area contributed by atoms with E-state index < -0.39 is 0 Å². The van der Waals surface area contributed by atoms with Crippen molar-refractivity contribution in [2.75, 3.05) is 13.2 Å². The van der Waals surface area contributed by atoms with Crippen molar-refractivity contribution in [2.24, 2.45) is 0 Å². The average molecular weight is 433 g/mol. The molecule has 0 fully saturated rings. The monoisotopic (exact) mass is 432 g/mol. The number of ether oxygens (including phenoxy) is 1. The highest BCUT2D eigenvalue weighted by atomic mass is 79.9. The Morgan fingerprint density at radius 3 is 2.88 bits per heavy atom. The van der Waals surface area contributed by atoms with Crippen molar-refractivity contribution < 1.29 is 14.3 Å². The number of amides is 1. The highest BCUT2D eigenvalue weighted by Crippen LogP contribution is 2.30. The van der Waals surface area contributed by atoms with E-state index in [-0.39, 0.29) is 11.9 Å². The van der Waals surface area contributed by atoms with Crippen LogP contribution in [0.4, 0.5) is 0 Å². The number of fused-ring (bicyclic) bond motifs is 1. The lowest BCUT2D eigenvalue weighted by Crippen LogP contribution is -2.24. The Kier molecular flexibility index (Phi) is 6.00. The fourth-order valence-corrected chi connectivity index (χ4v) is 4.06. The Morgan fingerprint density at radius 1 is 1.27 bits per heavy atom. The number of rotatable bonds is 6. The molecule has 0 saturated heterocycles. The van der Waals surface area contributed by atoms with Crippen LogP contribution >= 0.6 is 27.3 Å². The minimum atomic E-state index is -0.331. The van der Waals surface area contributed by atoms with Crippen LogP contribution in [0.15, 0.2) is 47.2 Å². The van der Waals surface area contributed by atoms with Gasteiger partial charge < -0.3 is 10.1 Å². The standard InChI is InChI=1S/C19H17BrN2O3S/c1-2-25-19(24)13-5-3-4-12(8-13)6-7-22-18(23)16-9-14-15(20)10-21-11-17(14)26-16/h3-5,8-11H,2,6-7H2,1H3,(H,22,23). The maximum absolute atomic E-state index is 12.4. The van der Waals surface area contributed by atoms with Crippen molar-refractivity contribution >= 4 is 49.2 Å². The Balaban J connectivity index is 1.60. The molecule has 0 saturated carbocycles. The molecule has 2 aromatic heterocycles. The van der Waals surface area contributed by atoms with Gasteiger partial charge in [0.05, 0.1) is 21.7 Å². The number of pyridine rings is 1. The second kappa shape index (κ2) is 8.42. The lowest BCUT2D eigenvalue weighted by molar-refractivity contribution is 0.0526. The Hall–Kier alpha value is -2.25. The molecular weight excluding hydrogens is 416 g/mol. The summed E-state index contributed by atoms with van der Waals surface area (Å²) in [6.45, 7) is 2.61. The summed E-state index contributed by atoms with van der Waals surface area (Å²) >= 11 is 4.86. The van der Waals surface area contributed by atoms with Crippen LogP contribution < -0.4 is 5.32 Å². The number of benzene rings is 1. The minimum absolute atomic E-state index is 0.111. The van der Waals surface area contributed by atoms with Gasteiger partial charge in [-0.15, -0.1) is 11.3 Å². The number of aromatic nitrogens is 1. The highest BCUT2D eigenvalue weighted by Gasteiger charge is 2.12. The van der Waals surface area contributed by atoms with Crippen LogP contribution in [0.2, 0.25) is 0 Å². The van der Waals surface area contributed by atoms with Crippen molar-refractivity contribution in [3.63, 3.8) is 0 Å². The van der Waals surface area contributed by atoms with Gasteiger partial charge in [0.25, 0.3) is 5.91 Å². The number of nitrogens with zero attached hydrogens (tertiary/aromatic N) is 1. The van der Waals surface area contributed by atoms with Crippen molar-refractivity contribution in [3.05, 3.63) is 63.2 Å². The predicted octanol–water partition coefficient (Wildman–Crippen LogP) is 4.21. The highest BCUT2D eigenvalue weighted by molar-refractivity contribution is 9.10. The molecule has 134 valence electrons. The van der Waals surface area contributed by atoms with E-state index in [2.05, 4.69) is 26.2 Å². The van der Waals surface area contributed by atoms with Gasteiger partial charge in [-0.25, -0.2) is 4.79 Å². The third-order valence-electron chi connectivity index (χ3n) is 3.76. The molecule has 0 atom stereocenters. The van der Waals surface area contributed by atoms with Crippen LogP contribution in [0.1, 0.15) is 32.5 Å². The normalized spacial score (nSPS) is 10.7. The average Bonchev–Trinajstić information content (AvgIpc) is 3.08. The third-order valence-corrected chi connectivity index (χ3v) is 5.46. The fraction of sp³-hybridized carbons (Fsp3) is 0.211. The molecule has 0 aliphatic carbocycles. The number of hydrogen-bond donors (Lipinski definition) is 1. The number of carbonyl (C=O) groups is 2. The van der Waals surface area contributed by atoms with Gasteiger partial charge in [-0.3, -0.25) is 9.78 Å². The van der Waals surface area contributed by atoms with E-state index in [9.17, 15) is 9.59 Å². The van der Waals surface area contributed by atoms with Gasteiger partial charge in [0.2, 0.25) is 0 Å². The van der Waals surface area contributed by atoms with Crippen LogP contribution in [0, 0.1) is 0 Å². The van der Waals surface area contributed by atoms with Gasteiger partial charge in [0, 0.05) is 28.8 Å². The quantitative estimate of drug-likeness (QED) is 0.592. The van der Waals surface area contributed by atoms with Crippen molar-refractivity contribution in [3.8, 4) is 0 Å². The number of nitrogens with one attached hydrogen (secondary N) is 1. The molecule has 0 aliphatic rings. The fourth-order valence-electron chi connectivity index (χ4n) is 2.52. The van der Waals surface area contributed by atoms with E-state index >= 15 is 0 Å². The molecule has 0 radical (unpaired) electrons. The zero-order valence-electron chi connectivity index (χ0n) is 14.1. The number of esters is 1. The van der Waals surface area contributed by atoms with Crippen molar-refractivity contribution in [1.29, 1.82) is 0 Å². The van der Waals surface area contributed by atoms with E-state index in [0.717, 1.165) is 20.1 Å². The Morgan fingerprint density at radius 2 is 2.12 bits per heavy atom. The first kappa shape index (κ1) is 18.5. The predicted molar refractivity (Wildman–Crippen MR) is 106 cm³/mol. The lowest BCUT2D eigenvalue weighted by Gasteiger charge is -2.06. The number of halogens is 1. The molecule has 1 N–H and O–H groups in total. The summed E-state index contributed by atoms with van der Waals surface area (Å²) in [5, 5.41) is 3.90. The summed E-state index contributed by atoms with van der Waals surface area (Å²) in [6, 6.07) is 9.13. The molecule has 0 bridgehead atoms. The summed E-state index contributed by atoms with van der Waals surface area (Å²) in [5.41, 5.74) is 1.50. The maximum atomic E-state index is 12.4. The second-order valence-electron chi connectivity index (χ2n) is 5.57. The molecule has 5 nitrogen and oxygen atoms in total. The molecule has 2 heterocycles. The van der Waals surface area contributed by atoms with Gasteiger partial charge in [-0.05, 0) is 53.0 Å². The van der Waals surface area contributed by atoms with Gasteiger partial charge in [0.15, 0.2) is 0 Å². The van der Waals surface area contributed by atoms with Crippen LogP contribution in [-0.2, 0) is 11.2 Å². The van der Waals surface area contributed by atoms with Gasteiger partial charge in [-0.1, -0.05) is 12.1 Å². The topological polar surface area (TPSA) is 68.3 Å². The molecule has 26 heavy (non-hydrogen) atoms. The lowest BCUT2D eigenvalue weighted by atomic mass is 10.1. The SMILES string of the molecule is CCOC(=O)c1cccc(CCNC(=O)c2cc3c(Br)cncc3s2)c1. The summed E-state index contributed by atoms with van der Waals surface area (Å²) in [6.07, 6.45) is 4.10. The maximum Gasteiger partial charge on any atom is 0.338 e.